The van der Waals surface area contributed by atoms with Crippen LogP contribution in [0.2, 0.25) is 0 Å². The maximum Gasteiger partial charge on any atom is 0.0999 e. The van der Waals surface area contributed by atoms with Crippen molar-refractivity contribution in [1.82, 2.24) is 0 Å². The molecule has 0 rings (SSSR count). The molecular weight excluding hydrogens is 524 g/mol. The van der Waals surface area contributed by atoms with Crippen molar-refractivity contribution in [2.24, 2.45) is 0 Å². The number of quaternary nitrogens is 2. The van der Waals surface area contributed by atoms with Gasteiger partial charge in [0.05, 0.1) is 133 Å². The van der Waals surface area contributed by atoms with E-state index < -0.39 is 43.9 Å². The van der Waals surface area contributed by atoms with Crippen LogP contribution in [0, 0.1) is 0 Å². The summed E-state index contributed by atoms with van der Waals surface area (Å²) >= 11 is 0. The van der Waals surface area contributed by atoms with Gasteiger partial charge in [-0.3, -0.25) is 0 Å². The van der Waals surface area contributed by atoms with Gasteiger partial charge in [0.1, 0.15) is 0 Å². The van der Waals surface area contributed by atoms with Crippen molar-refractivity contribution in [3.05, 3.63) is 0 Å². The first-order chi connectivity index (χ1) is 15.5. The number of aliphatic hydroxyl groups is 4. The minimum Gasteiger partial charge on any atom is -0.748 e. The third-order valence-electron chi connectivity index (χ3n) is 2.37. The summed E-state index contributed by atoms with van der Waals surface area (Å²) in [6, 6.07) is 0. The Balaban J connectivity index is -0.000000135. The second-order valence-corrected chi connectivity index (χ2v) is 13.1. The van der Waals surface area contributed by atoms with E-state index in [0.29, 0.717) is 0 Å². The highest BCUT2D eigenvalue weighted by molar-refractivity contribution is 7.86. The summed E-state index contributed by atoms with van der Waals surface area (Å²) in [6.45, 7) is -1.19. The van der Waals surface area contributed by atoms with Gasteiger partial charge in [0.2, 0.25) is 0 Å². The number of hydrogen-bond acceptors (Lipinski definition) is 12. The average Bonchev–Trinajstić information content (AvgIpc) is 2.59. The van der Waals surface area contributed by atoms with Crippen LogP contribution < -0.4 is 0 Å². The largest absolute Gasteiger partial charge is 0.748 e. The third kappa shape index (κ3) is 64.1. The van der Waals surface area contributed by atoms with Gasteiger partial charge in [-0.15, -0.1) is 0 Å². The van der Waals surface area contributed by atoms with Crippen LogP contribution in [0.3, 0.4) is 0 Å². The van der Waals surface area contributed by atoms with Crippen molar-refractivity contribution in [2.45, 2.75) is 25.2 Å². The van der Waals surface area contributed by atoms with Crippen molar-refractivity contribution in [3.63, 3.8) is 0 Å². The maximum absolute atomic E-state index is 10.8. The zero-order chi connectivity index (χ0) is 28.9. The van der Waals surface area contributed by atoms with Crippen LogP contribution in [-0.2, 0) is 29.7 Å². The van der Waals surface area contributed by atoms with Crippen molar-refractivity contribution < 1.29 is 64.8 Å². The van der Waals surface area contributed by atoms with E-state index in [1.54, 1.807) is 0 Å². The Kier molecular flexibility index (Phi) is 29.8. The summed E-state index contributed by atoms with van der Waals surface area (Å²) < 4.78 is 73.3. The lowest BCUT2D eigenvalue weighted by Gasteiger charge is -2.20. The van der Waals surface area contributed by atoms with E-state index in [1.807, 2.05) is 0 Å². The summed E-state index contributed by atoms with van der Waals surface area (Å²) in [5, 5.41) is 32.1. The fourth-order valence-electron chi connectivity index (χ4n) is 1.26. The molecule has 16 heteroatoms. The second kappa shape index (κ2) is 23.6. The fraction of sp³-hybridized carbons (Fsp3) is 1.00. The fourth-order valence-corrected chi connectivity index (χ4v) is 2.48. The molecule has 0 fully saturated rings. The van der Waals surface area contributed by atoms with Crippen molar-refractivity contribution in [1.29, 1.82) is 0 Å². The lowest BCUT2D eigenvalue weighted by atomic mass is 10.3. The zero-order valence-electron chi connectivity index (χ0n) is 22.3. The Hall–Kier alpha value is -0.500. The van der Waals surface area contributed by atoms with E-state index in [2.05, 4.69) is 56.4 Å². The molecule has 0 aliphatic heterocycles. The molecule has 36 heavy (non-hydrogen) atoms. The van der Waals surface area contributed by atoms with Crippen LogP contribution in [0.1, 0.15) is 13.8 Å². The van der Waals surface area contributed by atoms with Gasteiger partial charge in [0, 0.05) is 6.61 Å². The Morgan fingerprint density at radius 2 is 1.11 bits per heavy atom. The highest BCUT2D eigenvalue weighted by Crippen LogP contribution is 2.05. The molecule has 2 unspecified atom stereocenters. The first-order valence-corrected chi connectivity index (χ1v) is 13.6. The predicted octanol–water partition coefficient (Wildman–Crippen LogP) is -2.53. The predicted molar refractivity (Wildman–Crippen MR) is 136 cm³/mol. The van der Waals surface area contributed by atoms with Crippen LogP contribution in [0.15, 0.2) is 0 Å². The van der Waals surface area contributed by atoms with Gasteiger partial charge < -0.3 is 48.0 Å². The van der Waals surface area contributed by atoms with Gasteiger partial charge in [-0.2, -0.15) is 0 Å². The van der Waals surface area contributed by atoms with Crippen LogP contribution in [0.25, 0.3) is 0 Å². The van der Waals surface area contributed by atoms with Crippen LogP contribution in [0.5, 0.6) is 0 Å². The summed E-state index contributed by atoms with van der Waals surface area (Å²) in [5.74, 6) is -0.927. The monoisotopic (exact) mass is 576 g/mol. The smallest absolute Gasteiger partial charge is 0.0999 e. The minimum absolute atomic E-state index is 0. The summed E-state index contributed by atoms with van der Waals surface area (Å²) in [7, 11) is 8.17. The molecule has 0 saturated carbocycles. The molecule has 2 atom stereocenters. The molecule has 14 nitrogen and oxygen atoms in total. The van der Waals surface area contributed by atoms with E-state index in [1.165, 1.54) is 0 Å². The number of nitrogens with zero attached hydrogens (tertiary/aromatic N) is 2. The van der Waals surface area contributed by atoms with Crippen molar-refractivity contribution >= 4 is 20.2 Å². The number of ether oxygens (including phenoxy) is 2. The topological polar surface area (TPSA) is 214 Å². The Labute approximate surface area is 218 Å². The van der Waals surface area contributed by atoms with E-state index in [-0.39, 0.29) is 53.5 Å². The van der Waals surface area contributed by atoms with E-state index in [0.717, 1.165) is 8.97 Å². The molecule has 4 N–H and O–H groups in total. The highest BCUT2D eigenvalue weighted by Gasteiger charge is 2.16. The Bertz CT molecular complexity index is 652. The van der Waals surface area contributed by atoms with Gasteiger partial charge in [0.15, 0.2) is 0 Å². The molecular formula is C20H52N2O12S2. The number of aliphatic hydroxyl groups excluding tert-OH is 4. The Morgan fingerprint density at radius 3 is 1.36 bits per heavy atom. The second-order valence-electron chi connectivity index (χ2n) is 9.97. The average molecular weight is 577 g/mol. The van der Waals surface area contributed by atoms with E-state index in [9.17, 15) is 25.9 Å². The molecule has 226 valence electrons. The first-order valence-electron chi connectivity index (χ1n) is 10.6. The van der Waals surface area contributed by atoms with Crippen molar-refractivity contribution in [2.75, 3.05) is 108 Å². The molecule has 0 amide bonds. The van der Waals surface area contributed by atoms with Crippen molar-refractivity contribution in [3.8, 4) is 0 Å². The molecule has 0 aromatic rings. The molecule has 0 aromatic carbocycles. The maximum atomic E-state index is 10.8. The van der Waals surface area contributed by atoms with Gasteiger partial charge in [-0.25, -0.2) is 16.8 Å². The quantitative estimate of drug-likeness (QED) is 0.101. The van der Waals surface area contributed by atoms with E-state index >= 15 is 0 Å². The molecule has 0 aliphatic carbocycles. The minimum atomic E-state index is -4.43. The summed E-state index contributed by atoms with van der Waals surface area (Å²) in [5.41, 5.74) is 0. The zero-order valence-corrected chi connectivity index (χ0v) is 23.9. The lowest BCUT2D eigenvalue weighted by Crippen LogP contribution is -2.28. The standard InChI is InChI=1S/C8H18O7S.2C4H12N.C3H8O5S.CH4/c9-2-5-14-4-1-8(16(11,12)13)7-15-6-3-10;2*1-5(2,3)4;4-1-3(5)2-9(6,7)8;/h8-10H,1-7H2,(H,11,12,13);2*1-4H3;3-5H,1-2H2,(H,6,7,8);1H4/q;2*+1;;/p-2. The summed E-state index contributed by atoms with van der Waals surface area (Å²) in [4.78, 5) is 0. The molecule has 0 heterocycles. The van der Waals surface area contributed by atoms with Crippen LogP contribution in [0.4, 0.5) is 0 Å². The molecule has 0 bridgehead atoms. The number of hydrogen-bond donors (Lipinski definition) is 4. The van der Waals surface area contributed by atoms with E-state index in [4.69, 9.17) is 29.9 Å². The lowest BCUT2D eigenvalue weighted by molar-refractivity contribution is -0.849. The Morgan fingerprint density at radius 1 is 0.750 bits per heavy atom. The SMILES string of the molecule is C.C[N+](C)(C)C.C[N+](C)(C)C.O=S(=O)([O-])C(CCOCCO)COCCO.O=S(=O)([O-])CC(O)CO. The van der Waals surface area contributed by atoms with Crippen LogP contribution >= 0.6 is 0 Å². The highest BCUT2D eigenvalue weighted by atomic mass is 32.2. The normalized spacial score (nSPS) is 13.4. The first kappa shape index (κ1) is 45.4. The van der Waals surface area contributed by atoms with Gasteiger partial charge in [0.25, 0.3) is 0 Å². The summed E-state index contributed by atoms with van der Waals surface area (Å²) in [6.07, 6.45) is -1.44. The number of rotatable bonds is 13. The van der Waals surface area contributed by atoms with Gasteiger partial charge in [-0.1, -0.05) is 7.43 Å². The van der Waals surface area contributed by atoms with Gasteiger partial charge in [-0.05, 0) is 6.42 Å². The molecule has 0 aliphatic rings. The molecule has 0 saturated heterocycles. The third-order valence-corrected chi connectivity index (χ3v) is 4.36. The van der Waals surface area contributed by atoms with Gasteiger partial charge >= 0.3 is 0 Å². The molecule has 0 spiro atoms. The molecule has 0 aromatic heterocycles. The molecule has 0 radical (unpaired) electrons. The van der Waals surface area contributed by atoms with Crippen LogP contribution in [-0.4, -0.2) is 175 Å².